The first-order chi connectivity index (χ1) is 10.6. The lowest BCUT2D eigenvalue weighted by Gasteiger charge is -2.56. The van der Waals surface area contributed by atoms with Gasteiger partial charge in [0.25, 0.3) is 5.91 Å². The number of carbonyl (C=O) groups excluding carboxylic acids is 1. The first-order valence-corrected chi connectivity index (χ1v) is 7.67. The quantitative estimate of drug-likeness (QED) is 0.853. The van der Waals surface area contributed by atoms with Crippen LogP contribution in [0, 0.1) is 5.41 Å². The summed E-state index contributed by atoms with van der Waals surface area (Å²) in [5, 5.41) is 19.2. The van der Waals surface area contributed by atoms with E-state index in [4.69, 9.17) is 9.84 Å². The van der Waals surface area contributed by atoms with Gasteiger partial charge in [0.1, 0.15) is 5.69 Å². The van der Waals surface area contributed by atoms with E-state index in [-0.39, 0.29) is 30.1 Å². The number of likely N-dealkylation sites (tertiary alicyclic amines) is 1. The summed E-state index contributed by atoms with van der Waals surface area (Å²) in [7, 11) is 1.68. The maximum absolute atomic E-state index is 12.5. The van der Waals surface area contributed by atoms with Crippen LogP contribution in [0.5, 0.6) is 0 Å². The third-order valence-electron chi connectivity index (χ3n) is 5.20. The minimum absolute atomic E-state index is 0.0931. The van der Waals surface area contributed by atoms with E-state index in [1.807, 2.05) is 0 Å². The standard InChI is InChI=1S/C16H22N2O4/c1-22-14-9-13(20)16(14)5-7-18(8-6-16)15(21)12-4-2-3-11(10-19)17-12/h2-4,13-14,19-20H,5-10H2,1H3/t13-,14+/m0/s1. The second-order valence-corrected chi connectivity index (χ2v) is 6.17. The fraction of sp³-hybridized carbons (Fsp3) is 0.625. The maximum Gasteiger partial charge on any atom is 0.272 e. The Kier molecular flexibility index (Phi) is 4.16. The van der Waals surface area contributed by atoms with Crippen molar-refractivity contribution in [2.24, 2.45) is 5.41 Å². The van der Waals surface area contributed by atoms with Crippen molar-refractivity contribution >= 4 is 5.91 Å². The van der Waals surface area contributed by atoms with Crippen LogP contribution in [-0.4, -0.2) is 58.4 Å². The number of methoxy groups -OCH3 is 1. The number of nitrogens with zero attached hydrogens (tertiary/aromatic N) is 2. The summed E-state index contributed by atoms with van der Waals surface area (Å²) < 4.78 is 5.46. The van der Waals surface area contributed by atoms with Crippen LogP contribution in [0.2, 0.25) is 0 Å². The van der Waals surface area contributed by atoms with Crippen molar-refractivity contribution in [3.8, 4) is 0 Å². The van der Waals surface area contributed by atoms with E-state index in [0.29, 0.717) is 30.9 Å². The molecule has 0 radical (unpaired) electrons. The van der Waals surface area contributed by atoms with Crippen molar-refractivity contribution in [2.75, 3.05) is 20.2 Å². The molecule has 2 N–H and O–H groups in total. The fourth-order valence-corrected chi connectivity index (χ4v) is 3.69. The predicted molar refractivity (Wildman–Crippen MR) is 79.2 cm³/mol. The fourth-order valence-electron chi connectivity index (χ4n) is 3.69. The lowest BCUT2D eigenvalue weighted by atomic mass is 9.58. The SMILES string of the molecule is CO[C@@H]1C[C@H](O)C12CCN(C(=O)c1cccc(CO)n1)CC2. The molecule has 6 heteroatoms. The summed E-state index contributed by atoms with van der Waals surface area (Å²) in [4.78, 5) is 18.4. The third-order valence-corrected chi connectivity index (χ3v) is 5.20. The topological polar surface area (TPSA) is 82.9 Å². The van der Waals surface area contributed by atoms with Gasteiger partial charge in [-0.2, -0.15) is 0 Å². The van der Waals surface area contributed by atoms with Gasteiger partial charge in [-0.1, -0.05) is 6.07 Å². The normalized spacial score (nSPS) is 26.8. The zero-order valence-electron chi connectivity index (χ0n) is 12.7. The van der Waals surface area contributed by atoms with Crippen molar-refractivity contribution in [1.82, 2.24) is 9.88 Å². The number of piperidine rings is 1. The molecule has 2 heterocycles. The van der Waals surface area contributed by atoms with Crippen molar-refractivity contribution in [3.05, 3.63) is 29.6 Å². The van der Waals surface area contributed by atoms with E-state index in [9.17, 15) is 9.90 Å². The summed E-state index contributed by atoms with van der Waals surface area (Å²) in [6.45, 7) is 1.02. The molecule has 0 unspecified atom stereocenters. The molecule has 2 aliphatic rings. The molecule has 1 aromatic rings. The van der Waals surface area contributed by atoms with Gasteiger partial charge in [-0.05, 0) is 25.0 Å². The average molecular weight is 306 g/mol. The summed E-state index contributed by atoms with van der Waals surface area (Å²) >= 11 is 0. The number of pyridine rings is 1. The van der Waals surface area contributed by atoms with Crippen LogP contribution in [0.25, 0.3) is 0 Å². The molecule has 1 saturated carbocycles. The van der Waals surface area contributed by atoms with E-state index in [1.165, 1.54) is 0 Å². The van der Waals surface area contributed by atoms with E-state index in [2.05, 4.69) is 4.98 Å². The predicted octanol–water partition coefficient (Wildman–Crippen LogP) is 0.576. The van der Waals surface area contributed by atoms with Gasteiger partial charge >= 0.3 is 0 Å². The molecule has 6 nitrogen and oxygen atoms in total. The number of ether oxygens (including phenoxy) is 1. The second-order valence-electron chi connectivity index (χ2n) is 6.17. The first kappa shape index (κ1) is 15.4. The van der Waals surface area contributed by atoms with Crippen LogP contribution in [0.3, 0.4) is 0 Å². The van der Waals surface area contributed by atoms with Gasteiger partial charge in [-0.3, -0.25) is 4.79 Å². The lowest BCUT2D eigenvalue weighted by molar-refractivity contribution is -0.199. The Morgan fingerprint density at radius 3 is 2.77 bits per heavy atom. The van der Waals surface area contributed by atoms with Crippen LogP contribution in [0.15, 0.2) is 18.2 Å². The van der Waals surface area contributed by atoms with Crippen LogP contribution >= 0.6 is 0 Å². The molecule has 1 aliphatic heterocycles. The highest BCUT2D eigenvalue weighted by atomic mass is 16.5. The zero-order valence-corrected chi connectivity index (χ0v) is 12.7. The largest absolute Gasteiger partial charge is 0.392 e. The Morgan fingerprint density at radius 1 is 1.45 bits per heavy atom. The van der Waals surface area contributed by atoms with Crippen LogP contribution in [0.1, 0.15) is 35.4 Å². The monoisotopic (exact) mass is 306 g/mol. The van der Waals surface area contributed by atoms with Crippen molar-refractivity contribution in [3.63, 3.8) is 0 Å². The minimum Gasteiger partial charge on any atom is -0.392 e. The molecule has 2 fully saturated rings. The van der Waals surface area contributed by atoms with E-state index < -0.39 is 0 Å². The molecule has 3 rings (SSSR count). The number of hydrogen-bond donors (Lipinski definition) is 2. The first-order valence-electron chi connectivity index (χ1n) is 7.67. The summed E-state index contributed by atoms with van der Waals surface area (Å²) in [5.74, 6) is -0.118. The third kappa shape index (κ3) is 2.41. The number of amides is 1. The summed E-state index contributed by atoms with van der Waals surface area (Å²) in [5.41, 5.74) is 0.666. The van der Waals surface area contributed by atoms with Crippen LogP contribution < -0.4 is 0 Å². The highest BCUT2D eigenvalue weighted by Crippen LogP contribution is 2.50. The smallest absolute Gasteiger partial charge is 0.272 e. The molecule has 22 heavy (non-hydrogen) atoms. The highest BCUT2D eigenvalue weighted by molar-refractivity contribution is 5.92. The minimum atomic E-state index is -0.328. The average Bonchev–Trinajstić information content (AvgIpc) is 2.59. The van der Waals surface area contributed by atoms with Gasteiger partial charge < -0.3 is 19.8 Å². The number of hydrogen-bond acceptors (Lipinski definition) is 5. The van der Waals surface area contributed by atoms with Gasteiger partial charge in [0.05, 0.1) is 24.5 Å². The van der Waals surface area contributed by atoms with Crippen LogP contribution in [0.4, 0.5) is 0 Å². The molecule has 1 spiro atoms. The van der Waals surface area contributed by atoms with Crippen molar-refractivity contribution in [2.45, 2.75) is 38.1 Å². The van der Waals surface area contributed by atoms with Crippen molar-refractivity contribution in [1.29, 1.82) is 0 Å². The number of aromatic nitrogens is 1. The van der Waals surface area contributed by atoms with Crippen LogP contribution in [-0.2, 0) is 11.3 Å². The molecule has 1 aliphatic carbocycles. The zero-order chi connectivity index (χ0) is 15.7. The number of rotatable bonds is 3. The van der Waals surface area contributed by atoms with E-state index in [1.54, 1.807) is 30.2 Å². The van der Waals surface area contributed by atoms with Gasteiger partial charge in [0, 0.05) is 32.0 Å². The number of carbonyl (C=O) groups is 1. The Bertz CT molecular complexity index is 555. The lowest BCUT2D eigenvalue weighted by Crippen LogP contribution is -2.62. The second kappa shape index (κ2) is 5.95. The summed E-state index contributed by atoms with van der Waals surface area (Å²) in [6, 6.07) is 5.09. The van der Waals surface area contributed by atoms with E-state index >= 15 is 0 Å². The Balaban J connectivity index is 1.67. The molecular weight excluding hydrogens is 284 g/mol. The number of aliphatic hydroxyl groups excluding tert-OH is 2. The molecular formula is C16H22N2O4. The molecule has 120 valence electrons. The van der Waals surface area contributed by atoms with E-state index in [0.717, 1.165) is 12.8 Å². The molecule has 1 aromatic heterocycles. The molecule has 1 amide bonds. The van der Waals surface area contributed by atoms with Gasteiger partial charge in [0.2, 0.25) is 0 Å². The molecule has 1 saturated heterocycles. The maximum atomic E-state index is 12.5. The number of aliphatic hydroxyl groups is 2. The van der Waals surface area contributed by atoms with Crippen molar-refractivity contribution < 1.29 is 19.7 Å². The van der Waals surface area contributed by atoms with Gasteiger partial charge in [-0.15, -0.1) is 0 Å². The Labute approximate surface area is 129 Å². The highest BCUT2D eigenvalue weighted by Gasteiger charge is 2.56. The Morgan fingerprint density at radius 2 is 2.18 bits per heavy atom. The molecule has 0 aromatic carbocycles. The van der Waals surface area contributed by atoms with Gasteiger partial charge in [0.15, 0.2) is 0 Å². The van der Waals surface area contributed by atoms with Gasteiger partial charge in [-0.25, -0.2) is 4.98 Å². The Hall–Kier alpha value is -1.50. The summed E-state index contributed by atoms with van der Waals surface area (Å²) in [6.07, 6.45) is 1.95. The molecule has 2 atom stereocenters. The molecule has 0 bridgehead atoms.